The van der Waals surface area contributed by atoms with Gasteiger partial charge < -0.3 is 20.9 Å². The highest BCUT2D eigenvalue weighted by atomic mass is 16.5. The van der Waals surface area contributed by atoms with Gasteiger partial charge in [-0.2, -0.15) is 0 Å². The van der Waals surface area contributed by atoms with E-state index in [2.05, 4.69) is 0 Å². The van der Waals surface area contributed by atoms with Crippen molar-refractivity contribution < 1.29 is 9.47 Å². The van der Waals surface area contributed by atoms with Gasteiger partial charge in [0.2, 0.25) is 0 Å². The first-order valence-corrected chi connectivity index (χ1v) is 5.91. The number of aromatic nitrogens is 2. The summed E-state index contributed by atoms with van der Waals surface area (Å²) in [5.41, 5.74) is 10.2. The van der Waals surface area contributed by atoms with Gasteiger partial charge >= 0.3 is 5.69 Å². The molecule has 0 saturated carbocycles. The fraction of sp³-hybridized carbons (Fsp3) is 0.636. The third-order valence-corrected chi connectivity index (χ3v) is 2.75. The van der Waals surface area contributed by atoms with E-state index in [9.17, 15) is 9.59 Å². The first-order valence-electron chi connectivity index (χ1n) is 5.91. The van der Waals surface area contributed by atoms with E-state index in [0.717, 1.165) is 4.57 Å². The van der Waals surface area contributed by atoms with Gasteiger partial charge in [-0.25, -0.2) is 4.79 Å². The molecule has 1 rings (SSSR count). The molecule has 0 aliphatic rings. The lowest BCUT2D eigenvalue weighted by molar-refractivity contribution is 0.182. The Kier molecular flexibility index (Phi) is 5.58. The average molecular weight is 272 g/mol. The zero-order chi connectivity index (χ0) is 14.4. The summed E-state index contributed by atoms with van der Waals surface area (Å²) in [6.45, 7) is 1.22. The zero-order valence-corrected chi connectivity index (χ0v) is 11.2. The van der Waals surface area contributed by atoms with Crippen LogP contribution in [0.1, 0.15) is 6.42 Å². The van der Waals surface area contributed by atoms with Crippen molar-refractivity contribution in [2.24, 2.45) is 0 Å². The van der Waals surface area contributed by atoms with Crippen molar-refractivity contribution in [3.63, 3.8) is 0 Å². The smallest absolute Gasteiger partial charge is 0.332 e. The van der Waals surface area contributed by atoms with Gasteiger partial charge in [-0.1, -0.05) is 0 Å². The van der Waals surface area contributed by atoms with Crippen LogP contribution in [0.15, 0.2) is 9.59 Å². The third kappa shape index (κ3) is 3.36. The van der Waals surface area contributed by atoms with E-state index in [1.54, 1.807) is 7.11 Å². The first-order chi connectivity index (χ1) is 9.04. The molecule has 8 nitrogen and oxygen atoms in total. The lowest BCUT2D eigenvalue weighted by Crippen LogP contribution is -2.43. The van der Waals surface area contributed by atoms with Crippen molar-refractivity contribution in [1.82, 2.24) is 9.13 Å². The van der Waals surface area contributed by atoms with Gasteiger partial charge in [0.15, 0.2) is 0 Å². The molecule has 8 heteroatoms. The van der Waals surface area contributed by atoms with Crippen molar-refractivity contribution in [2.75, 3.05) is 38.9 Å². The molecule has 0 atom stereocenters. The molecule has 108 valence electrons. The van der Waals surface area contributed by atoms with Gasteiger partial charge in [-0.05, 0) is 6.42 Å². The normalized spacial score (nSPS) is 10.8. The van der Waals surface area contributed by atoms with E-state index >= 15 is 0 Å². The monoisotopic (exact) mass is 272 g/mol. The molecular formula is C11H20N4O4. The fourth-order valence-electron chi connectivity index (χ4n) is 1.70. The Hall–Kier alpha value is -1.80. The molecule has 0 aliphatic heterocycles. The predicted octanol–water partition coefficient (Wildman–Crippen LogP) is -1.14. The van der Waals surface area contributed by atoms with Crippen LogP contribution in [0.2, 0.25) is 0 Å². The summed E-state index contributed by atoms with van der Waals surface area (Å²) in [7, 11) is 3.06. The lowest BCUT2D eigenvalue weighted by Gasteiger charge is -2.14. The van der Waals surface area contributed by atoms with Gasteiger partial charge in [-0.3, -0.25) is 13.9 Å². The zero-order valence-electron chi connectivity index (χ0n) is 11.2. The number of nitrogens with two attached hydrogens (primary N) is 2. The van der Waals surface area contributed by atoms with E-state index < -0.39 is 11.2 Å². The SMILES string of the molecule is COCCCn1c(N)c(N)c(=O)n(CCOC)c1=O. The first kappa shape index (κ1) is 15.3. The molecule has 0 amide bonds. The minimum Gasteiger partial charge on any atom is -0.391 e. The predicted molar refractivity (Wildman–Crippen MR) is 72.2 cm³/mol. The molecule has 0 unspecified atom stereocenters. The molecule has 0 saturated heterocycles. The molecule has 19 heavy (non-hydrogen) atoms. The van der Waals surface area contributed by atoms with Gasteiger partial charge in [0.1, 0.15) is 11.5 Å². The van der Waals surface area contributed by atoms with Crippen LogP contribution in [0.4, 0.5) is 11.5 Å². The summed E-state index contributed by atoms with van der Waals surface area (Å²) in [4.78, 5) is 24.0. The molecule has 4 N–H and O–H groups in total. The number of ether oxygens (including phenoxy) is 2. The second kappa shape index (κ2) is 6.95. The Balaban J connectivity index is 3.19. The Morgan fingerprint density at radius 1 is 1.00 bits per heavy atom. The Morgan fingerprint density at radius 2 is 1.63 bits per heavy atom. The summed E-state index contributed by atoms with van der Waals surface area (Å²) in [6, 6.07) is 0. The maximum Gasteiger partial charge on any atom is 0.332 e. The number of nitrogen functional groups attached to an aromatic ring is 2. The summed E-state index contributed by atoms with van der Waals surface area (Å²) in [5.74, 6) is -0.000213. The molecule has 1 aromatic rings. The van der Waals surface area contributed by atoms with Crippen molar-refractivity contribution in [3.05, 3.63) is 20.8 Å². The lowest BCUT2D eigenvalue weighted by atomic mass is 10.4. The summed E-state index contributed by atoms with van der Waals surface area (Å²) >= 11 is 0. The van der Waals surface area contributed by atoms with E-state index in [1.807, 2.05) is 0 Å². The summed E-state index contributed by atoms with van der Waals surface area (Å²) < 4.78 is 12.1. The van der Waals surface area contributed by atoms with Gasteiger partial charge in [0.25, 0.3) is 5.56 Å². The highest BCUT2D eigenvalue weighted by molar-refractivity contribution is 5.56. The van der Waals surface area contributed by atoms with Crippen LogP contribution in [0.5, 0.6) is 0 Å². The minimum atomic E-state index is -0.581. The quantitative estimate of drug-likeness (QED) is 0.606. The molecule has 0 aliphatic carbocycles. The standard InChI is InChI=1S/C11H20N4O4/c1-18-6-3-4-14-9(13)8(12)10(16)15(11(14)17)5-7-19-2/h3-7,12-13H2,1-2H3. The van der Waals surface area contributed by atoms with Crippen LogP contribution in [0.3, 0.4) is 0 Å². The maximum absolute atomic E-state index is 12.2. The van der Waals surface area contributed by atoms with Crippen LogP contribution < -0.4 is 22.7 Å². The number of hydrogen-bond acceptors (Lipinski definition) is 6. The van der Waals surface area contributed by atoms with E-state index in [4.69, 9.17) is 20.9 Å². The van der Waals surface area contributed by atoms with E-state index in [1.165, 1.54) is 11.7 Å². The fourth-order valence-corrected chi connectivity index (χ4v) is 1.70. The molecule has 0 spiro atoms. The average Bonchev–Trinajstić information content (AvgIpc) is 2.40. The Labute approximate surface area is 110 Å². The molecule has 1 aromatic heterocycles. The van der Waals surface area contributed by atoms with Crippen LogP contribution in [0, 0.1) is 0 Å². The molecule has 0 aromatic carbocycles. The van der Waals surface area contributed by atoms with Crippen LogP contribution in [-0.4, -0.2) is 36.6 Å². The van der Waals surface area contributed by atoms with Gasteiger partial charge in [-0.15, -0.1) is 0 Å². The number of hydrogen-bond donors (Lipinski definition) is 2. The second-order valence-corrected chi connectivity index (χ2v) is 4.03. The number of anilines is 2. The van der Waals surface area contributed by atoms with Crippen molar-refractivity contribution in [3.8, 4) is 0 Å². The van der Waals surface area contributed by atoms with Gasteiger partial charge in [0.05, 0.1) is 13.2 Å². The highest BCUT2D eigenvalue weighted by Gasteiger charge is 2.14. The molecule has 1 heterocycles. The molecule has 0 fully saturated rings. The molecule has 0 bridgehead atoms. The number of nitrogens with zero attached hydrogens (tertiary/aromatic N) is 2. The summed E-state index contributed by atoms with van der Waals surface area (Å²) in [6.07, 6.45) is 0.600. The summed E-state index contributed by atoms with van der Waals surface area (Å²) in [5, 5.41) is 0. The van der Waals surface area contributed by atoms with Crippen LogP contribution in [-0.2, 0) is 22.6 Å². The van der Waals surface area contributed by atoms with Gasteiger partial charge in [0, 0.05) is 27.4 Å². The molecular weight excluding hydrogens is 252 g/mol. The van der Waals surface area contributed by atoms with Crippen LogP contribution >= 0.6 is 0 Å². The number of methoxy groups -OCH3 is 2. The maximum atomic E-state index is 12.2. The third-order valence-electron chi connectivity index (χ3n) is 2.75. The van der Waals surface area contributed by atoms with Crippen molar-refractivity contribution in [2.45, 2.75) is 19.5 Å². The Bertz CT molecular complexity index is 535. The van der Waals surface area contributed by atoms with E-state index in [-0.39, 0.29) is 24.7 Å². The highest BCUT2D eigenvalue weighted by Crippen LogP contribution is 2.06. The van der Waals surface area contributed by atoms with E-state index in [0.29, 0.717) is 19.6 Å². The van der Waals surface area contributed by atoms with Crippen LogP contribution in [0.25, 0.3) is 0 Å². The second-order valence-electron chi connectivity index (χ2n) is 4.03. The van der Waals surface area contributed by atoms with Crippen molar-refractivity contribution in [1.29, 1.82) is 0 Å². The largest absolute Gasteiger partial charge is 0.391 e. The topological polar surface area (TPSA) is 115 Å². The molecule has 0 radical (unpaired) electrons. The van der Waals surface area contributed by atoms with Crippen molar-refractivity contribution >= 4 is 11.5 Å². The minimum absolute atomic E-state index is 0.000213. The number of rotatable bonds is 7. The Morgan fingerprint density at radius 3 is 2.21 bits per heavy atom.